The zero-order chi connectivity index (χ0) is 18.0. The molecule has 0 unspecified atom stereocenters. The van der Waals surface area contributed by atoms with E-state index in [-0.39, 0.29) is 18.1 Å². The molecule has 1 amide bonds. The van der Waals surface area contributed by atoms with Crippen molar-refractivity contribution in [3.05, 3.63) is 40.7 Å². The van der Waals surface area contributed by atoms with Gasteiger partial charge in [-0.3, -0.25) is 9.89 Å². The zero-order valence-electron chi connectivity index (χ0n) is 14.9. The SMILES string of the molecule is COc1cccc(CNC(=O)c2n[nH]c3c2C[C@H](C)O[C@@H]3C)c1OC. The number of aromatic amines is 1. The fraction of sp³-hybridized carbons (Fsp3) is 0.444. The summed E-state index contributed by atoms with van der Waals surface area (Å²) in [7, 11) is 3.16. The van der Waals surface area contributed by atoms with E-state index < -0.39 is 0 Å². The average Bonchev–Trinajstić information content (AvgIpc) is 3.03. The van der Waals surface area contributed by atoms with E-state index in [1.807, 2.05) is 32.0 Å². The maximum absolute atomic E-state index is 12.6. The van der Waals surface area contributed by atoms with E-state index in [1.165, 1.54) is 0 Å². The topological polar surface area (TPSA) is 85.5 Å². The molecule has 1 aromatic carbocycles. The summed E-state index contributed by atoms with van der Waals surface area (Å²) < 4.78 is 16.4. The number of carbonyl (C=O) groups is 1. The third-order valence-electron chi connectivity index (χ3n) is 4.37. The predicted molar refractivity (Wildman–Crippen MR) is 92.0 cm³/mol. The predicted octanol–water partition coefficient (Wildman–Crippen LogP) is 2.38. The van der Waals surface area contributed by atoms with Crippen LogP contribution in [0.4, 0.5) is 0 Å². The van der Waals surface area contributed by atoms with Crippen LogP contribution in [0, 0.1) is 0 Å². The Labute approximate surface area is 146 Å². The number of H-pyrrole nitrogens is 1. The number of aromatic nitrogens is 2. The number of ether oxygens (including phenoxy) is 3. The summed E-state index contributed by atoms with van der Waals surface area (Å²) in [6.07, 6.45) is 0.637. The van der Waals surface area contributed by atoms with E-state index in [4.69, 9.17) is 14.2 Å². The molecule has 2 N–H and O–H groups in total. The van der Waals surface area contributed by atoms with Crippen molar-refractivity contribution in [1.29, 1.82) is 0 Å². The Morgan fingerprint density at radius 2 is 2.16 bits per heavy atom. The molecular formula is C18H23N3O4. The van der Waals surface area contributed by atoms with E-state index in [9.17, 15) is 4.79 Å². The highest BCUT2D eigenvalue weighted by atomic mass is 16.5. The first-order valence-corrected chi connectivity index (χ1v) is 8.25. The van der Waals surface area contributed by atoms with E-state index in [0.717, 1.165) is 16.8 Å². The number of hydrogen-bond acceptors (Lipinski definition) is 5. The normalized spacial score (nSPS) is 19.2. The van der Waals surface area contributed by atoms with Gasteiger partial charge in [0.25, 0.3) is 5.91 Å². The minimum absolute atomic E-state index is 0.0603. The number of amides is 1. The number of hydrogen-bond donors (Lipinski definition) is 2. The minimum Gasteiger partial charge on any atom is -0.493 e. The molecule has 25 heavy (non-hydrogen) atoms. The molecule has 134 valence electrons. The van der Waals surface area contributed by atoms with Crippen LogP contribution in [0.25, 0.3) is 0 Å². The number of nitrogens with one attached hydrogen (secondary N) is 2. The van der Waals surface area contributed by atoms with Crippen molar-refractivity contribution < 1.29 is 19.0 Å². The number of benzene rings is 1. The van der Waals surface area contributed by atoms with Crippen molar-refractivity contribution in [2.45, 2.75) is 39.0 Å². The Morgan fingerprint density at radius 3 is 2.88 bits per heavy atom. The van der Waals surface area contributed by atoms with Crippen molar-refractivity contribution in [2.24, 2.45) is 0 Å². The summed E-state index contributed by atoms with van der Waals surface area (Å²) in [4.78, 5) is 12.6. The summed E-state index contributed by atoms with van der Waals surface area (Å²) in [5.74, 6) is 1.03. The minimum atomic E-state index is -0.219. The number of fused-ring (bicyclic) bond motifs is 1. The molecule has 1 aromatic heterocycles. The molecule has 3 rings (SSSR count). The van der Waals surface area contributed by atoms with Crippen LogP contribution < -0.4 is 14.8 Å². The van der Waals surface area contributed by atoms with Crippen LogP contribution in [0.5, 0.6) is 11.5 Å². The van der Waals surface area contributed by atoms with Crippen LogP contribution in [0.1, 0.15) is 47.3 Å². The van der Waals surface area contributed by atoms with Gasteiger partial charge in [0.15, 0.2) is 17.2 Å². The molecule has 1 aliphatic rings. The second-order valence-corrected chi connectivity index (χ2v) is 6.09. The van der Waals surface area contributed by atoms with E-state index in [1.54, 1.807) is 14.2 Å². The van der Waals surface area contributed by atoms with Crippen molar-refractivity contribution in [2.75, 3.05) is 14.2 Å². The number of carbonyl (C=O) groups excluding carboxylic acids is 1. The molecule has 2 heterocycles. The van der Waals surface area contributed by atoms with Crippen molar-refractivity contribution in [3.63, 3.8) is 0 Å². The first-order valence-electron chi connectivity index (χ1n) is 8.25. The van der Waals surface area contributed by atoms with Gasteiger partial charge in [-0.1, -0.05) is 12.1 Å². The Hall–Kier alpha value is -2.54. The third-order valence-corrected chi connectivity index (χ3v) is 4.37. The number of nitrogens with zero attached hydrogens (tertiary/aromatic N) is 1. The fourth-order valence-corrected chi connectivity index (χ4v) is 3.21. The van der Waals surface area contributed by atoms with Gasteiger partial charge < -0.3 is 19.5 Å². The molecule has 2 aromatic rings. The lowest BCUT2D eigenvalue weighted by molar-refractivity contribution is -0.00697. The Kier molecular flexibility index (Phi) is 4.94. The fourth-order valence-electron chi connectivity index (χ4n) is 3.21. The molecule has 0 radical (unpaired) electrons. The molecule has 2 atom stereocenters. The maximum atomic E-state index is 12.6. The van der Waals surface area contributed by atoms with Crippen molar-refractivity contribution in [3.8, 4) is 11.5 Å². The van der Waals surface area contributed by atoms with Crippen LogP contribution in [0.2, 0.25) is 0 Å². The molecule has 0 spiro atoms. The number of methoxy groups -OCH3 is 2. The standard InChI is InChI=1S/C18H23N3O4/c1-10-8-13-15(11(2)25-10)20-21-16(13)18(22)19-9-12-6-5-7-14(23-3)17(12)24-4/h5-7,10-11H,8-9H2,1-4H3,(H,19,22)(H,20,21)/t10-,11+/m0/s1. The van der Waals surface area contributed by atoms with Gasteiger partial charge in [0, 0.05) is 24.1 Å². The monoisotopic (exact) mass is 345 g/mol. The molecule has 0 saturated carbocycles. The molecule has 0 bridgehead atoms. The molecule has 0 aliphatic carbocycles. The highest BCUT2D eigenvalue weighted by Gasteiger charge is 2.29. The van der Waals surface area contributed by atoms with Gasteiger partial charge in [0.2, 0.25) is 0 Å². The molecule has 7 heteroatoms. The molecular weight excluding hydrogens is 322 g/mol. The average molecular weight is 345 g/mol. The maximum Gasteiger partial charge on any atom is 0.272 e. The largest absolute Gasteiger partial charge is 0.493 e. The van der Waals surface area contributed by atoms with E-state index >= 15 is 0 Å². The number of para-hydroxylation sites is 1. The summed E-state index contributed by atoms with van der Waals surface area (Å²) >= 11 is 0. The molecule has 0 saturated heterocycles. The van der Waals surface area contributed by atoms with E-state index in [2.05, 4.69) is 15.5 Å². The Balaban J connectivity index is 1.77. The van der Waals surface area contributed by atoms with Crippen LogP contribution in [-0.4, -0.2) is 36.4 Å². The Bertz CT molecular complexity index is 772. The third kappa shape index (κ3) is 3.32. The van der Waals surface area contributed by atoms with Crippen LogP contribution >= 0.6 is 0 Å². The van der Waals surface area contributed by atoms with Gasteiger partial charge in [-0.25, -0.2) is 0 Å². The second kappa shape index (κ2) is 7.14. The zero-order valence-corrected chi connectivity index (χ0v) is 14.9. The summed E-state index contributed by atoms with van der Waals surface area (Å²) in [5.41, 5.74) is 3.08. The molecule has 7 nitrogen and oxygen atoms in total. The van der Waals surface area contributed by atoms with Gasteiger partial charge in [-0.15, -0.1) is 0 Å². The smallest absolute Gasteiger partial charge is 0.272 e. The van der Waals surface area contributed by atoms with E-state index in [0.29, 0.717) is 30.2 Å². The van der Waals surface area contributed by atoms with Gasteiger partial charge >= 0.3 is 0 Å². The van der Waals surface area contributed by atoms with Crippen molar-refractivity contribution >= 4 is 5.91 Å². The summed E-state index contributed by atoms with van der Waals surface area (Å²) in [5, 5.41) is 10.0. The number of rotatable bonds is 5. The summed E-state index contributed by atoms with van der Waals surface area (Å²) in [6, 6.07) is 5.57. The first-order chi connectivity index (χ1) is 12.0. The van der Waals surface area contributed by atoms with Gasteiger partial charge in [-0.2, -0.15) is 5.10 Å². The highest BCUT2D eigenvalue weighted by Crippen LogP contribution is 2.31. The lowest BCUT2D eigenvalue weighted by Crippen LogP contribution is -2.27. The second-order valence-electron chi connectivity index (χ2n) is 6.09. The van der Waals surface area contributed by atoms with Crippen LogP contribution in [0.15, 0.2) is 18.2 Å². The van der Waals surface area contributed by atoms with Gasteiger partial charge in [0.05, 0.1) is 32.1 Å². The molecule has 1 aliphatic heterocycles. The highest BCUT2D eigenvalue weighted by molar-refractivity contribution is 5.94. The summed E-state index contributed by atoms with van der Waals surface area (Å²) in [6.45, 7) is 4.27. The lowest BCUT2D eigenvalue weighted by atomic mass is 9.99. The van der Waals surface area contributed by atoms with Crippen molar-refractivity contribution in [1.82, 2.24) is 15.5 Å². The van der Waals surface area contributed by atoms with Crippen LogP contribution in [0.3, 0.4) is 0 Å². The lowest BCUT2D eigenvalue weighted by Gasteiger charge is -2.25. The Morgan fingerprint density at radius 1 is 1.36 bits per heavy atom. The van der Waals surface area contributed by atoms with Gasteiger partial charge in [0.1, 0.15) is 0 Å². The molecule has 0 fully saturated rings. The van der Waals surface area contributed by atoms with Crippen LogP contribution in [-0.2, 0) is 17.7 Å². The van der Waals surface area contributed by atoms with Gasteiger partial charge in [-0.05, 0) is 19.9 Å². The quantitative estimate of drug-likeness (QED) is 0.869. The first kappa shape index (κ1) is 17.3.